The molecule has 1 aliphatic rings. The second-order valence-corrected chi connectivity index (χ2v) is 7.11. The summed E-state index contributed by atoms with van der Waals surface area (Å²) in [6.07, 6.45) is 3.76. The molecule has 0 N–H and O–H groups in total. The zero-order chi connectivity index (χ0) is 15.4. The van der Waals surface area contributed by atoms with Gasteiger partial charge in [0.25, 0.3) is 5.69 Å². The van der Waals surface area contributed by atoms with Crippen LogP contribution in [-0.4, -0.2) is 22.9 Å². The SMILES string of the molecule is CC(C)C1CCCN(Cc2ccc(Br)c([N+](=O)[O-])c2)CC1. The minimum absolute atomic E-state index is 0.155. The number of hydrogen-bond donors (Lipinski definition) is 0. The average molecular weight is 355 g/mol. The Kier molecular flexibility index (Phi) is 5.76. The van der Waals surface area contributed by atoms with Gasteiger partial charge in [-0.25, -0.2) is 0 Å². The second-order valence-electron chi connectivity index (χ2n) is 6.25. The van der Waals surface area contributed by atoms with E-state index >= 15 is 0 Å². The van der Waals surface area contributed by atoms with Crippen LogP contribution in [0.25, 0.3) is 0 Å². The molecule has 0 saturated carbocycles. The van der Waals surface area contributed by atoms with Crippen molar-refractivity contribution < 1.29 is 4.92 Å². The Bertz CT molecular complexity index is 505. The van der Waals surface area contributed by atoms with Crippen molar-refractivity contribution in [3.63, 3.8) is 0 Å². The van der Waals surface area contributed by atoms with Gasteiger partial charge < -0.3 is 0 Å². The normalized spacial score (nSPS) is 20.5. The van der Waals surface area contributed by atoms with E-state index in [4.69, 9.17) is 0 Å². The predicted molar refractivity (Wildman–Crippen MR) is 88.3 cm³/mol. The van der Waals surface area contributed by atoms with E-state index in [0.717, 1.165) is 37.0 Å². The van der Waals surface area contributed by atoms with Crippen LogP contribution in [-0.2, 0) is 6.54 Å². The Morgan fingerprint density at radius 2 is 2.14 bits per heavy atom. The molecule has 5 heteroatoms. The highest BCUT2D eigenvalue weighted by Crippen LogP contribution is 2.28. The molecule has 0 spiro atoms. The summed E-state index contributed by atoms with van der Waals surface area (Å²) >= 11 is 3.24. The molecular weight excluding hydrogens is 332 g/mol. The van der Waals surface area contributed by atoms with E-state index in [9.17, 15) is 10.1 Å². The number of rotatable bonds is 4. The summed E-state index contributed by atoms with van der Waals surface area (Å²) in [7, 11) is 0. The molecule has 0 aromatic heterocycles. The van der Waals surface area contributed by atoms with Crippen molar-refractivity contribution in [2.75, 3.05) is 13.1 Å². The average Bonchev–Trinajstić information content (AvgIpc) is 2.66. The first-order valence-corrected chi connectivity index (χ1v) is 8.42. The van der Waals surface area contributed by atoms with Gasteiger partial charge in [0.05, 0.1) is 9.40 Å². The van der Waals surface area contributed by atoms with Gasteiger partial charge in [0.1, 0.15) is 0 Å². The summed E-state index contributed by atoms with van der Waals surface area (Å²) in [5.41, 5.74) is 1.18. The van der Waals surface area contributed by atoms with E-state index in [-0.39, 0.29) is 10.6 Å². The molecule has 0 bridgehead atoms. The van der Waals surface area contributed by atoms with E-state index in [1.165, 1.54) is 19.3 Å². The molecule has 1 atom stereocenters. The van der Waals surface area contributed by atoms with Gasteiger partial charge in [0.15, 0.2) is 0 Å². The van der Waals surface area contributed by atoms with E-state index in [1.54, 1.807) is 12.1 Å². The Hall–Kier alpha value is -0.940. The van der Waals surface area contributed by atoms with Crippen LogP contribution in [0.3, 0.4) is 0 Å². The monoisotopic (exact) mass is 354 g/mol. The summed E-state index contributed by atoms with van der Waals surface area (Å²) in [5, 5.41) is 11.0. The van der Waals surface area contributed by atoms with Crippen LogP contribution in [0.2, 0.25) is 0 Å². The second kappa shape index (κ2) is 7.36. The fourth-order valence-corrected chi connectivity index (χ4v) is 3.45. The highest BCUT2D eigenvalue weighted by molar-refractivity contribution is 9.10. The molecule has 1 aliphatic heterocycles. The summed E-state index contributed by atoms with van der Waals surface area (Å²) < 4.78 is 0.548. The zero-order valence-corrected chi connectivity index (χ0v) is 14.3. The molecule has 1 aromatic carbocycles. The van der Waals surface area contributed by atoms with Crippen molar-refractivity contribution in [3.8, 4) is 0 Å². The third-order valence-electron chi connectivity index (χ3n) is 4.42. The maximum absolute atomic E-state index is 11.0. The van der Waals surface area contributed by atoms with Gasteiger partial charge >= 0.3 is 0 Å². The van der Waals surface area contributed by atoms with Gasteiger partial charge in [-0.1, -0.05) is 19.9 Å². The Morgan fingerprint density at radius 1 is 1.38 bits per heavy atom. The molecule has 116 valence electrons. The smallest absolute Gasteiger partial charge is 0.283 e. The van der Waals surface area contributed by atoms with Crippen LogP contribution in [0.5, 0.6) is 0 Å². The predicted octanol–water partition coefficient (Wildman–Crippen LogP) is 4.62. The number of benzene rings is 1. The molecule has 0 amide bonds. The van der Waals surface area contributed by atoms with Crippen molar-refractivity contribution in [3.05, 3.63) is 38.3 Å². The van der Waals surface area contributed by atoms with E-state index in [1.807, 2.05) is 6.07 Å². The van der Waals surface area contributed by atoms with Gasteiger partial charge in [-0.05, 0) is 71.7 Å². The lowest BCUT2D eigenvalue weighted by molar-refractivity contribution is -0.385. The molecular formula is C16H23BrN2O2. The lowest BCUT2D eigenvalue weighted by Crippen LogP contribution is -2.24. The lowest BCUT2D eigenvalue weighted by Gasteiger charge is -2.21. The van der Waals surface area contributed by atoms with Crippen LogP contribution >= 0.6 is 15.9 Å². The van der Waals surface area contributed by atoms with Crippen molar-refractivity contribution in [1.82, 2.24) is 4.90 Å². The molecule has 1 unspecified atom stereocenters. The van der Waals surface area contributed by atoms with E-state index in [0.29, 0.717) is 4.47 Å². The van der Waals surface area contributed by atoms with Crippen molar-refractivity contribution in [1.29, 1.82) is 0 Å². The molecule has 1 fully saturated rings. The van der Waals surface area contributed by atoms with Crippen LogP contribution in [0.4, 0.5) is 5.69 Å². The van der Waals surface area contributed by atoms with Crippen molar-refractivity contribution in [2.45, 2.75) is 39.7 Å². The molecule has 2 rings (SSSR count). The Balaban J connectivity index is 2.01. The number of halogens is 1. The zero-order valence-electron chi connectivity index (χ0n) is 12.7. The van der Waals surface area contributed by atoms with Crippen molar-refractivity contribution >= 4 is 21.6 Å². The van der Waals surface area contributed by atoms with Gasteiger partial charge in [-0.2, -0.15) is 0 Å². The van der Waals surface area contributed by atoms with Gasteiger partial charge in [0.2, 0.25) is 0 Å². The third-order valence-corrected chi connectivity index (χ3v) is 5.09. The molecule has 21 heavy (non-hydrogen) atoms. The Morgan fingerprint density at radius 3 is 2.81 bits per heavy atom. The third kappa shape index (κ3) is 4.51. The number of nitrogens with zero attached hydrogens (tertiary/aromatic N) is 2. The summed E-state index contributed by atoms with van der Waals surface area (Å²) in [6.45, 7) is 7.59. The topological polar surface area (TPSA) is 46.4 Å². The summed E-state index contributed by atoms with van der Waals surface area (Å²) in [4.78, 5) is 13.1. The highest BCUT2D eigenvalue weighted by atomic mass is 79.9. The van der Waals surface area contributed by atoms with Crippen LogP contribution in [0, 0.1) is 22.0 Å². The first-order chi connectivity index (χ1) is 9.97. The summed E-state index contributed by atoms with van der Waals surface area (Å²) in [5.74, 6) is 1.56. The molecule has 1 saturated heterocycles. The van der Waals surface area contributed by atoms with Gasteiger partial charge in [-0.3, -0.25) is 15.0 Å². The largest absolute Gasteiger partial charge is 0.299 e. The standard InChI is InChI=1S/C16H23BrN2O2/c1-12(2)14-4-3-8-18(9-7-14)11-13-5-6-15(17)16(10-13)19(20)21/h5-6,10,12,14H,3-4,7-9,11H2,1-2H3. The minimum Gasteiger partial charge on any atom is -0.299 e. The molecule has 1 heterocycles. The molecule has 4 nitrogen and oxygen atoms in total. The first kappa shape index (κ1) is 16.4. The van der Waals surface area contributed by atoms with Gasteiger partial charge in [0, 0.05) is 12.6 Å². The fraction of sp³-hybridized carbons (Fsp3) is 0.625. The van der Waals surface area contributed by atoms with Crippen LogP contribution in [0.15, 0.2) is 22.7 Å². The quantitative estimate of drug-likeness (QED) is 0.585. The van der Waals surface area contributed by atoms with Crippen LogP contribution < -0.4 is 0 Å². The molecule has 1 aromatic rings. The number of likely N-dealkylation sites (tertiary alicyclic amines) is 1. The number of hydrogen-bond acceptors (Lipinski definition) is 3. The minimum atomic E-state index is -0.329. The molecule has 0 radical (unpaired) electrons. The van der Waals surface area contributed by atoms with E-state index < -0.39 is 0 Å². The maximum atomic E-state index is 11.0. The molecule has 0 aliphatic carbocycles. The van der Waals surface area contributed by atoms with Gasteiger partial charge in [-0.15, -0.1) is 0 Å². The lowest BCUT2D eigenvalue weighted by atomic mass is 9.89. The first-order valence-electron chi connectivity index (χ1n) is 7.62. The highest BCUT2D eigenvalue weighted by Gasteiger charge is 2.20. The van der Waals surface area contributed by atoms with Crippen molar-refractivity contribution in [2.24, 2.45) is 11.8 Å². The maximum Gasteiger partial charge on any atom is 0.283 e. The van der Waals surface area contributed by atoms with E-state index in [2.05, 4.69) is 34.7 Å². The van der Waals surface area contributed by atoms with Crippen LogP contribution in [0.1, 0.15) is 38.7 Å². The number of nitro benzene ring substituents is 1. The number of nitro groups is 1. The fourth-order valence-electron chi connectivity index (χ4n) is 3.06. The summed E-state index contributed by atoms with van der Waals surface area (Å²) in [6, 6.07) is 5.44. The Labute approximate surface area is 134 Å².